The van der Waals surface area contributed by atoms with E-state index in [0.29, 0.717) is 11.4 Å². The van der Waals surface area contributed by atoms with Crippen LogP contribution >= 0.6 is 0 Å². The van der Waals surface area contributed by atoms with Gasteiger partial charge in [-0.1, -0.05) is 6.07 Å². The highest BCUT2D eigenvalue weighted by Crippen LogP contribution is 2.32. The normalized spacial score (nSPS) is 14.1. The summed E-state index contributed by atoms with van der Waals surface area (Å²) in [4.78, 5) is 14.1. The second-order valence-corrected chi connectivity index (χ2v) is 9.77. The van der Waals surface area contributed by atoms with Crippen molar-refractivity contribution in [2.75, 3.05) is 38.2 Å². The third-order valence-electron chi connectivity index (χ3n) is 7.30. The number of ether oxygens (including phenoxy) is 1. The van der Waals surface area contributed by atoms with Gasteiger partial charge in [0.05, 0.1) is 30.6 Å². The van der Waals surface area contributed by atoms with Crippen LogP contribution in [0, 0.1) is 18.3 Å². The smallest absolute Gasteiger partial charge is 0.213 e. The van der Waals surface area contributed by atoms with Crippen LogP contribution in [0.15, 0.2) is 61.3 Å². The Morgan fingerprint density at radius 2 is 1.79 bits per heavy atom. The van der Waals surface area contributed by atoms with E-state index in [2.05, 4.69) is 55.3 Å². The van der Waals surface area contributed by atoms with Gasteiger partial charge in [0.25, 0.3) is 0 Å². The SMILES string of the molecule is COc1ccc(CN2CCN(c3ccc(-c4cc(-c5cnn(C)c5)cn5ncc(C#N)c45)cn3)CC2)c(C)n1. The average molecular weight is 520 g/mol. The second kappa shape index (κ2) is 10.2. The first-order valence-electron chi connectivity index (χ1n) is 12.9. The van der Waals surface area contributed by atoms with Crippen LogP contribution in [0.25, 0.3) is 27.8 Å². The van der Waals surface area contributed by atoms with Gasteiger partial charge in [0, 0.05) is 92.4 Å². The largest absolute Gasteiger partial charge is 0.481 e. The van der Waals surface area contributed by atoms with Crippen LogP contribution in [0.5, 0.6) is 5.88 Å². The van der Waals surface area contributed by atoms with Gasteiger partial charge < -0.3 is 9.64 Å². The van der Waals surface area contributed by atoms with Crippen molar-refractivity contribution in [1.82, 2.24) is 34.3 Å². The van der Waals surface area contributed by atoms with Gasteiger partial charge in [-0.25, -0.2) is 14.5 Å². The third-order valence-corrected chi connectivity index (χ3v) is 7.30. The van der Waals surface area contributed by atoms with Gasteiger partial charge in [0.1, 0.15) is 11.9 Å². The molecule has 39 heavy (non-hydrogen) atoms. The number of piperazine rings is 1. The van der Waals surface area contributed by atoms with Gasteiger partial charge in [-0.3, -0.25) is 9.58 Å². The predicted molar refractivity (Wildman–Crippen MR) is 148 cm³/mol. The first kappa shape index (κ1) is 24.6. The monoisotopic (exact) mass is 519 g/mol. The molecular weight excluding hydrogens is 490 g/mol. The van der Waals surface area contributed by atoms with E-state index in [1.807, 2.05) is 44.8 Å². The van der Waals surface area contributed by atoms with E-state index in [0.717, 1.165) is 72.0 Å². The van der Waals surface area contributed by atoms with Crippen LogP contribution in [0.4, 0.5) is 5.82 Å². The first-order valence-corrected chi connectivity index (χ1v) is 12.9. The van der Waals surface area contributed by atoms with E-state index in [1.165, 1.54) is 5.56 Å². The molecule has 1 aliphatic heterocycles. The number of rotatable bonds is 6. The number of hydrogen-bond acceptors (Lipinski definition) is 8. The van der Waals surface area contributed by atoms with Gasteiger partial charge >= 0.3 is 0 Å². The zero-order valence-electron chi connectivity index (χ0n) is 22.2. The quantitative estimate of drug-likeness (QED) is 0.335. The highest BCUT2D eigenvalue weighted by Gasteiger charge is 2.20. The molecule has 1 aliphatic rings. The van der Waals surface area contributed by atoms with Crippen LogP contribution in [-0.2, 0) is 13.6 Å². The fourth-order valence-electron chi connectivity index (χ4n) is 5.11. The topological polar surface area (TPSA) is 100 Å². The fraction of sp³-hybridized carbons (Fsp3) is 0.276. The number of nitriles is 1. The Balaban J connectivity index is 1.21. The summed E-state index contributed by atoms with van der Waals surface area (Å²) < 4.78 is 8.77. The number of nitrogens with zero attached hydrogens (tertiary/aromatic N) is 9. The highest BCUT2D eigenvalue weighted by atomic mass is 16.5. The molecule has 10 nitrogen and oxygen atoms in total. The molecule has 6 rings (SSSR count). The summed E-state index contributed by atoms with van der Waals surface area (Å²) in [5, 5.41) is 18.4. The van der Waals surface area contributed by atoms with Crippen molar-refractivity contribution in [3.63, 3.8) is 0 Å². The van der Waals surface area contributed by atoms with E-state index >= 15 is 0 Å². The third kappa shape index (κ3) is 4.80. The van der Waals surface area contributed by atoms with Crippen molar-refractivity contribution < 1.29 is 4.74 Å². The zero-order chi connectivity index (χ0) is 26.9. The van der Waals surface area contributed by atoms with Gasteiger partial charge in [-0.05, 0) is 30.7 Å². The number of aryl methyl sites for hydroxylation is 2. The molecular formula is C29H29N9O. The Morgan fingerprint density at radius 3 is 2.46 bits per heavy atom. The Morgan fingerprint density at radius 1 is 0.949 bits per heavy atom. The Labute approximate surface area is 226 Å². The lowest BCUT2D eigenvalue weighted by Gasteiger charge is -2.35. The summed E-state index contributed by atoms with van der Waals surface area (Å²) in [6.07, 6.45) is 9.23. The fourth-order valence-corrected chi connectivity index (χ4v) is 5.11. The van der Waals surface area contributed by atoms with Crippen molar-refractivity contribution >= 4 is 11.3 Å². The van der Waals surface area contributed by atoms with Crippen molar-refractivity contribution in [2.45, 2.75) is 13.5 Å². The molecule has 0 radical (unpaired) electrons. The molecule has 1 fully saturated rings. The van der Waals surface area contributed by atoms with Crippen LogP contribution in [-0.4, -0.2) is 67.6 Å². The number of hydrogen-bond donors (Lipinski definition) is 0. The Kier molecular flexibility index (Phi) is 6.42. The van der Waals surface area contributed by atoms with Gasteiger partial charge in [0.2, 0.25) is 5.88 Å². The molecule has 1 saturated heterocycles. The molecule has 0 aromatic carbocycles. The van der Waals surface area contributed by atoms with E-state index in [-0.39, 0.29) is 0 Å². The standard InChI is InChI=1S/C29H29N9O/c1-20-22(5-7-28(34-20)39-3)18-36-8-10-37(11-9-36)27-6-4-21(14-31-27)26-12-23(25-16-32-35(2)17-25)19-38-29(26)24(13-30)15-33-38/h4-7,12,14-17,19H,8-11,18H2,1-3H3. The summed E-state index contributed by atoms with van der Waals surface area (Å²) >= 11 is 0. The second-order valence-electron chi connectivity index (χ2n) is 9.77. The Hall–Kier alpha value is -4.75. The molecule has 0 bridgehead atoms. The summed E-state index contributed by atoms with van der Waals surface area (Å²) in [5.74, 6) is 1.60. The maximum Gasteiger partial charge on any atom is 0.213 e. The molecule has 0 atom stereocenters. The molecule has 6 heterocycles. The lowest BCUT2D eigenvalue weighted by Crippen LogP contribution is -2.46. The van der Waals surface area contributed by atoms with Crippen LogP contribution in [0.1, 0.15) is 16.8 Å². The van der Waals surface area contributed by atoms with E-state index in [4.69, 9.17) is 9.72 Å². The number of pyridine rings is 3. The number of aromatic nitrogens is 6. The zero-order valence-corrected chi connectivity index (χ0v) is 22.2. The van der Waals surface area contributed by atoms with E-state index in [9.17, 15) is 5.26 Å². The minimum absolute atomic E-state index is 0.533. The number of methoxy groups -OCH3 is 1. The van der Waals surface area contributed by atoms with E-state index < -0.39 is 0 Å². The summed E-state index contributed by atoms with van der Waals surface area (Å²) in [5.41, 5.74) is 7.35. The average Bonchev–Trinajstić information content (AvgIpc) is 3.60. The van der Waals surface area contributed by atoms with Crippen molar-refractivity contribution in [3.8, 4) is 34.2 Å². The summed E-state index contributed by atoms with van der Waals surface area (Å²) in [7, 11) is 3.53. The van der Waals surface area contributed by atoms with Gasteiger partial charge in [0.15, 0.2) is 0 Å². The molecule has 5 aromatic heterocycles. The predicted octanol–water partition coefficient (Wildman–Crippen LogP) is 3.70. The van der Waals surface area contributed by atoms with Crippen molar-refractivity contribution in [1.29, 1.82) is 5.26 Å². The van der Waals surface area contributed by atoms with Crippen LogP contribution < -0.4 is 9.64 Å². The molecule has 0 amide bonds. The highest BCUT2D eigenvalue weighted by molar-refractivity contribution is 5.87. The lowest BCUT2D eigenvalue weighted by molar-refractivity contribution is 0.248. The van der Waals surface area contributed by atoms with Crippen LogP contribution in [0.2, 0.25) is 0 Å². The molecule has 10 heteroatoms. The van der Waals surface area contributed by atoms with Crippen molar-refractivity contribution in [2.24, 2.45) is 7.05 Å². The lowest BCUT2D eigenvalue weighted by atomic mass is 10.0. The molecule has 0 aliphatic carbocycles. The maximum absolute atomic E-state index is 9.70. The summed E-state index contributed by atoms with van der Waals surface area (Å²) in [6.45, 7) is 6.60. The molecule has 0 unspecified atom stereocenters. The van der Waals surface area contributed by atoms with E-state index in [1.54, 1.807) is 22.5 Å². The maximum atomic E-state index is 9.70. The molecule has 0 spiro atoms. The Bertz CT molecular complexity index is 1670. The number of anilines is 1. The molecule has 0 saturated carbocycles. The summed E-state index contributed by atoms with van der Waals surface area (Å²) in [6, 6.07) is 12.5. The van der Waals surface area contributed by atoms with Gasteiger partial charge in [-0.2, -0.15) is 15.5 Å². The van der Waals surface area contributed by atoms with Crippen LogP contribution in [0.3, 0.4) is 0 Å². The molecule has 196 valence electrons. The minimum atomic E-state index is 0.533. The molecule has 5 aromatic rings. The first-order chi connectivity index (χ1) is 19.0. The van der Waals surface area contributed by atoms with Gasteiger partial charge in [-0.15, -0.1) is 0 Å². The van der Waals surface area contributed by atoms with Crippen molar-refractivity contribution in [3.05, 3.63) is 78.1 Å². The molecule has 0 N–H and O–H groups in total. The number of fused-ring (bicyclic) bond motifs is 1. The minimum Gasteiger partial charge on any atom is -0.481 e.